The van der Waals surface area contributed by atoms with Crippen LogP contribution in [0.1, 0.15) is 30.1 Å². The molecule has 2 N–H and O–H groups in total. The van der Waals surface area contributed by atoms with Crippen molar-refractivity contribution in [3.05, 3.63) is 29.8 Å². The zero-order valence-electron chi connectivity index (χ0n) is 12.0. The number of benzene rings is 1. The van der Waals surface area contributed by atoms with Crippen LogP contribution in [0.3, 0.4) is 0 Å². The van der Waals surface area contributed by atoms with Gasteiger partial charge in [-0.15, -0.1) is 0 Å². The van der Waals surface area contributed by atoms with Crippen LogP contribution in [0.4, 0.5) is 5.69 Å². The van der Waals surface area contributed by atoms with E-state index in [4.69, 9.17) is 0 Å². The molecule has 1 aliphatic rings. The van der Waals surface area contributed by atoms with Crippen LogP contribution in [-0.4, -0.2) is 38.6 Å². The summed E-state index contributed by atoms with van der Waals surface area (Å²) in [6.45, 7) is 4.06. The molecule has 0 aliphatic carbocycles. The number of carbonyl (C=O) groups is 1. The highest BCUT2D eigenvalue weighted by Crippen LogP contribution is 2.19. The maximum absolute atomic E-state index is 12.3. The van der Waals surface area contributed by atoms with E-state index in [9.17, 15) is 4.79 Å². The zero-order chi connectivity index (χ0) is 13.9. The molecule has 1 aromatic carbocycles. The standard InChI is InChI=1S/C15H23N3O/c1-15(8-10-16-11-9-15)17-14(19)12-4-6-13(7-5-12)18(2)3/h4-7,16H,8-11H2,1-3H3,(H,17,19). The van der Waals surface area contributed by atoms with Gasteiger partial charge in [0.25, 0.3) is 5.91 Å². The molecule has 1 saturated heterocycles. The molecular formula is C15H23N3O. The zero-order valence-corrected chi connectivity index (χ0v) is 12.0. The molecule has 0 bridgehead atoms. The fourth-order valence-electron chi connectivity index (χ4n) is 2.36. The van der Waals surface area contributed by atoms with Gasteiger partial charge in [0, 0.05) is 30.9 Å². The average molecular weight is 261 g/mol. The average Bonchev–Trinajstić information content (AvgIpc) is 2.39. The molecule has 0 radical (unpaired) electrons. The van der Waals surface area contributed by atoms with Gasteiger partial charge in [-0.05, 0) is 57.1 Å². The first kappa shape index (κ1) is 13.9. The smallest absolute Gasteiger partial charge is 0.251 e. The van der Waals surface area contributed by atoms with Crippen LogP contribution in [0.15, 0.2) is 24.3 Å². The monoisotopic (exact) mass is 261 g/mol. The Balaban J connectivity index is 2.03. The van der Waals surface area contributed by atoms with Crippen molar-refractivity contribution in [3.8, 4) is 0 Å². The second kappa shape index (κ2) is 5.61. The van der Waals surface area contributed by atoms with Gasteiger partial charge >= 0.3 is 0 Å². The van der Waals surface area contributed by atoms with E-state index < -0.39 is 0 Å². The topological polar surface area (TPSA) is 44.4 Å². The molecular weight excluding hydrogens is 238 g/mol. The van der Waals surface area contributed by atoms with Crippen LogP contribution in [0.25, 0.3) is 0 Å². The minimum absolute atomic E-state index is 0.0229. The Bertz CT molecular complexity index is 433. The van der Waals surface area contributed by atoms with Gasteiger partial charge in [-0.1, -0.05) is 0 Å². The van der Waals surface area contributed by atoms with Crippen molar-refractivity contribution in [3.63, 3.8) is 0 Å². The third-order valence-electron chi connectivity index (χ3n) is 3.77. The van der Waals surface area contributed by atoms with Crippen LogP contribution in [0.2, 0.25) is 0 Å². The number of anilines is 1. The number of piperidine rings is 1. The number of nitrogens with zero attached hydrogens (tertiary/aromatic N) is 1. The molecule has 1 aliphatic heterocycles. The molecule has 1 aromatic rings. The molecule has 104 valence electrons. The van der Waals surface area contributed by atoms with Gasteiger partial charge in [-0.2, -0.15) is 0 Å². The Labute approximate surface area is 115 Å². The number of carbonyl (C=O) groups excluding carboxylic acids is 1. The lowest BCUT2D eigenvalue weighted by Crippen LogP contribution is -2.52. The van der Waals surface area contributed by atoms with Crippen molar-refractivity contribution in [1.82, 2.24) is 10.6 Å². The van der Waals surface area contributed by atoms with Crippen molar-refractivity contribution >= 4 is 11.6 Å². The first-order valence-electron chi connectivity index (χ1n) is 6.81. The lowest BCUT2D eigenvalue weighted by atomic mass is 9.90. The van der Waals surface area contributed by atoms with E-state index in [1.807, 2.05) is 43.3 Å². The summed E-state index contributed by atoms with van der Waals surface area (Å²) in [5.41, 5.74) is 1.75. The first-order chi connectivity index (χ1) is 9.00. The summed E-state index contributed by atoms with van der Waals surface area (Å²) in [4.78, 5) is 14.3. The molecule has 0 unspecified atom stereocenters. The molecule has 4 nitrogen and oxygen atoms in total. The largest absolute Gasteiger partial charge is 0.378 e. The maximum Gasteiger partial charge on any atom is 0.251 e. The lowest BCUT2D eigenvalue weighted by molar-refractivity contribution is 0.0887. The van der Waals surface area contributed by atoms with Crippen LogP contribution in [0, 0.1) is 0 Å². The summed E-state index contributed by atoms with van der Waals surface area (Å²) in [6.07, 6.45) is 1.96. The second-order valence-corrected chi connectivity index (χ2v) is 5.71. The van der Waals surface area contributed by atoms with Crippen LogP contribution in [0.5, 0.6) is 0 Å². The predicted molar refractivity (Wildman–Crippen MR) is 78.7 cm³/mol. The highest BCUT2D eigenvalue weighted by atomic mass is 16.1. The summed E-state index contributed by atoms with van der Waals surface area (Å²) in [7, 11) is 3.98. The molecule has 0 spiro atoms. The van der Waals surface area contributed by atoms with Gasteiger partial charge < -0.3 is 15.5 Å². The number of rotatable bonds is 3. The molecule has 4 heteroatoms. The van der Waals surface area contributed by atoms with E-state index >= 15 is 0 Å². The summed E-state index contributed by atoms with van der Waals surface area (Å²) in [5, 5.41) is 6.48. The van der Waals surface area contributed by atoms with Gasteiger partial charge in [0.2, 0.25) is 0 Å². The van der Waals surface area contributed by atoms with Crippen LogP contribution < -0.4 is 15.5 Å². The molecule has 0 atom stereocenters. The number of hydrogen-bond donors (Lipinski definition) is 2. The lowest BCUT2D eigenvalue weighted by Gasteiger charge is -2.35. The number of amides is 1. The van der Waals surface area contributed by atoms with Crippen molar-refractivity contribution in [2.24, 2.45) is 0 Å². The second-order valence-electron chi connectivity index (χ2n) is 5.71. The minimum Gasteiger partial charge on any atom is -0.378 e. The quantitative estimate of drug-likeness (QED) is 0.869. The summed E-state index contributed by atoms with van der Waals surface area (Å²) in [5.74, 6) is 0.0229. The van der Waals surface area contributed by atoms with E-state index in [0.29, 0.717) is 0 Å². The highest BCUT2D eigenvalue weighted by molar-refractivity contribution is 5.95. The Kier molecular flexibility index (Phi) is 4.10. The highest BCUT2D eigenvalue weighted by Gasteiger charge is 2.28. The Hall–Kier alpha value is -1.55. The van der Waals surface area contributed by atoms with Crippen LogP contribution >= 0.6 is 0 Å². The molecule has 19 heavy (non-hydrogen) atoms. The molecule has 0 aromatic heterocycles. The molecule has 2 rings (SSSR count). The SMILES string of the molecule is CN(C)c1ccc(C(=O)NC2(C)CCNCC2)cc1. The fourth-order valence-corrected chi connectivity index (χ4v) is 2.36. The van der Waals surface area contributed by atoms with E-state index in [0.717, 1.165) is 37.2 Å². The summed E-state index contributed by atoms with van der Waals surface area (Å²) < 4.78 is 0. The number of hydrogen-bond acceptors (Lipinski definition) is 3. The molecule has 1 fully saturated rings. The number of nitrogens with one attached hydrogen (secondary N) is 2. The van der Waals surface area contributed by atoms with E-state index in [1.165, 1.54) is 0 Å². The fraction of sp³-hybridized carbons (Fsp3) is 0.533. The Morgan fingerprint density at radius 1 is 1.21 bits per heavy atom. The molecule has 0 saturated carbocycles. The molecule has 1 heterocycles. The van der Waals surface area contributed by atoms with Crippen molar-refractivity contribution in [2.75, 3.05) is 32.1 Å². The first-order valence-corrected chi connectivity index (χ1v) is 6.81. The molecule has 1 amide bonds. The van der Waals surface area contributed by atoms with E-state index in [1.54, 1.807) is 0 Å². The van der Waals surface area contributed by atoms with Gasteiger partial charge in [-0.25, -0.2) is 0 Å². The summed E-state index contributed by atoms with van der Waals surface area (Å²) in [6, 6.07) is 7.71. The van der Waals surface area contributed by atoms with Crippen LogP contribution in [-0.2, 0) is 0 Å². The predicted octanol–water partition coefficient (Wildman–Crippen LogP) is 1.62. The van der Waals surface area contributed by atoms with Gasteiger partial charge in [0.15, 0.2) is 0 Å². The van der Waals surface area contributed by atoms with Gasteiger partial charge in [-0.3, -0.25) is 4.79 Å². The third kappa shape index (κ3) is 3.47. The Morgan fingerprint density at radius 3 is 2.32 bits per heavy atom. The normalized spacial score (nSPS) is 17.8. The van der Waals surface area contributed by atoms with E-state index in [-0.39, 0.29) is 11.4 Å². The van der Waals surface area contributed by atoms with Crippen molar-refractivity contribution in [2.45, 2.75) is 25.3 Å². The van der Waals surface area contributed by atoms with Gasteiger partial charge in [0.1, 0.15) is 0 Å². The minimum atomic E-state index is -0.0808. The van der Waals surface area contributed by atoms with Crippen molar-refractivity contribution in [1.29, 1.82) is 0 Å². The van der Waals surface area contributed by atoms with E-state index in [2.05, 4.69) is 17.6 Å². The Morgan fingerprint density at radius 2 is 1.79 bits per heavy atom. The summed E-state index contributed by atoms with van der Waals surface area (Å²) >= 11 is 0. The van der Waals surface area contributed by atoms with Crippen molar-refractivity contribution < 1.29 is 4.79 Å². The third-order valence-corrected chi connectivity index (χ3v) is 3.77. The maximum atomic E-state index is 12.3. The van der Waals surface area contributed by atoms with Gasteiger partial charge in [0.05, 0.1) is 0 Å².